The van der Waals surface area contributed by atoms with Crippen molar-refractivity contribution >= 4 is 0 Å². The first-order chi connectivity index (χ1) is 7.81. The van der Waals surface area contributed by atoms with E-state index in [-0.39, 0.29) is 6.04 Å². The van der Waals surface area contributed by atoms with E-state index in [1.807, 2.05) is 0 Å². The predicted octanol–water partition coefficient (Wildman–Crippen LogP) is 2.69. The lowest BCUT2D eigenvalue weighted by Crippen LogP contribution is -2.20. The summed E-state index contributed by atoms with van der Waals surface area (Å²) in [5.74, 6) is 0.775. The van der Waals surface area contributed by atoms with Crippen LogP contribution < -0.4 is 11.5 Å². The van der Waals surface area contributed by atoms with Crippen molar-refractivity contribution in [2.75, 3.05) is 6.54 Å². The zero-order valence-corrected chi connectivity index (χ0v) is 9.86. The van der Waals surface area contributed by atoms with Gasteiger partial charge >= 0.3 is 0 Å². The molecule has 1 aliphatic rings. The summed E-state index contributed by atoms with van der Waals surface area (Å²) in [5.41, 5.74) is 14.1. The molecule has 1 aliphatic carbocycles. The van der Waals surface area contributed by atoms with Crippen molar-refractivity contribution in [3.63, 3.8) is 0 Å². The van der Waals surface area contributed by atoms with E-state index in [2.05, 4.69) is 24.3 Å². The highest BCUT2D eigenvalue weighted by Crippen LogP contribution is 2.32. The van der Waals surface area contributed by atoms with Gasteiger partial charge in [0.2, 0.25) is 0 Å². The molecule has 0 aromatic heterocycles. The van der Waals surface area contributed by atoms with Crippen molar-refractivity contribution in [1.82, 2.24) is 0 Å². The maximum Gasteiger partial charge on any atom is 0.0419 e. The van der Waals surface area contributed by atoms with Crippen LogP contribution in [0.15, 0.2) is 24.3 Å². The molecule has 0 bridgehead atoms. The normalized spacial score (nSPS) is 19.6. The van der Waals surface area contributed by atoms with Gasteiger partial charge in [-0.15, -0.1) is 0 Å². The highest BCUT2D eigenvalue weighted by molar-refractivity contribution is 5.27. The van der Waals surface area contributed by atoms with Crippen molar-refractivity contribution in [2.24, 2.45) is 11.5 Å². The lowest BCUT2D eigenvalue weighted by molar-refractivity contribution is 0.443. The van der Waals surface area contributed by atoms with E-state index < -0.39 is 0 Å². The molecule has 1 atom stereocenters. The molecule has 0 saturated heterocycles. The molecule has 2 heteroatoms. The molecule has 2 rings (SSSR count). The van der Waals surface area contributed by atoms with E-state index in [4.69, 9.17) is 11.5 Å². The van der Waals surface area contributed by atoms with Crippen LogP contribution in [0.3, 0.4) is 0 Å². The van der Waals surface area contributed by atoms with Gasteiger partial charge in [-0.1, -0.05) is 43.5 Å². The standard InChI is InChI=1S/C14H22N2/c15-10-14(16)13-8-6-12(7-9-13)11-4-2-1-3-5-11/h6-9,11,14H,1-5,10,15-16H2/t14-/m0/s1. The molecule has 1 aromatic carbocycles. The van der Waals surface area contributed by atoms with Gasteiger partial charge in [0.25, 0.3) is 0 Å². The average Bonchev–Trinajstić information content (AvgIpc) is 2.39. The van der Waals surface area contributed by atoms with Gasteiger partial charge in [0.05, 0.1) is 0 Å². The Morgan fingerprint density at radius 2 is 1.69 bits per heavy atom. The average molecular weight is 218 g/mol. The van der Waals surface area contributed by atoms with Gasteiger partial charge in [0, 0.05) is 12.6 Å². The van der Waals surface area contributed by atoms with E-state index >= 15 is 0 Å². The monoisotopic (exact) mass is 218 g/mol. The second kappa shape index (κ2) is 5.46. The molecule has 1 aromatic rings. The van der Waals surface area contributed by atoms with Gasteiger partial charge in [-0.3, -0.25) is 0 Å². The molecule has 2 nitrogen and oxygen atoms in total. The number of nitrogens with two attached hydrogens (primary N) is 2. The zero-order chi connectivity index (χ0) is 11.4. The fraction of sp³-hybridized carbons (Fsp3) is 0.571. The molecule has 0 heterocycles. The quantitative estimate of drug-likeness (QED) is 0.819. The molecule has 0 spiro atoms. The minimum atomic E-state index is -0.0135. The first kappa shape index (κ1) is 11.6. The van der Waals surface area contributed by atoms with Crippen LogP contribution in [0.2, 0.25) is 0 Å². The zero-order valence-electron chi connectivity index (χ0n) is 9.86. The van der Waals surface area contributed by atoms with Crippen LogP contribution in [0.4, 0.5) is 0 Å². The summed E-state index contributed by atoms with van der Waals surface area (Å²) in [6.45, 7) is 0.517. The molecular formula is C14H22N2. The van der Waals surface area contributed by atoms with E-state index in [1.54, 1.807) is 0 Å². The summed E-state index contributed by atoms with van der Waals surface area (Å²) >= 11 is 0. The summed E-state index contributed by atoms with van der Waals surface area (Å²) in [4.78, 5) is 0. The van der Waals surface area contributed by atoms with Crippen molar-refractivity contribution < 1.29 is 0 Å². The van der Waals surface area contributed by atoms with Crippen LogP contribution in [0.1, 0.15) is 55.2 Å². The van der Waals surface area contributed by atoms with Gasteiger partial charge in [-0.25, -0.2) is 0 Å². The van der Waals surface area contributed by atoms with Gasteiger partial charge in [0.15, 0.2) is 0 Å². The van der Waals surface area contributed by atoms with Crippen molar-refractivity contribution in [2.45, 2.75) is 44.1 Å². The van der Waals surface area contributed by atoms with Crippen LogP contribution >= 0.6 is 0 Å². The van der Waals surface area contributed by atoms with E-state index in [9.17, 15) is 0 Å². The molecule has 1 saturated carbocycles. The fourth-order valence-electron chi connectivity index (χ4n) is 2.59. The maximum atomic E-state index is 5.90. The molecule has 16 heavy (non-hydrogen) atoms. The Morgan fingerprint density at radius 1 is 1.06 bits per heavy atom. The van der Waals surface area contributed by atoms with E-state index in [1.165, 1.54) is 37.7 Å². The SMILES string of the molecule is NC[C@H](N)c1ccc(C2CCCCC2)cc1. The summed E-state index contributed by atoms with van der Waals surface area (Å²) < 4.78 is 0. The largest absolute Gasteiger partial charge is 0.329 e. The Bertz CT molecular complexity index is 312. The number of hydrogen-bond acceptors (Lipinski definition) is 2. The van der Waals surface area contributed by atoms with Gasteiger partial charge in [0.1, 0.15) is 0 Å². The molecule has 0 aliphatic heterocycles. The van der Waals surface area contributed by atoms with Crippen LogP contribution in [-0.4, -0.2) is 6.54 Å². The second-order valence-electron chi connectivity index (χ2n) is 4.84. The third-order valence-corrected chi connectivity index (χ3v) is 3.70. The minimum absolute atomic E-state index is 0.0135. The Kier molecular flexibility index (Phi) is 3.97. The van der Waals surface area contributed by atoms with Gasteiger partial charge in [-0.2, -0.15) is 0 Å². The third kappa shape index (κ3) is 2.63. The smallest absolute Gasteiger partial charge is 0.0419 e. The summed E-state index contributed by atoms with van der Waals surface area (Å²) in [5, 5.41) is 0. The Labute approximate surface area is 98.0 Å². The third-order valence-electron chi connectivity index (χ3n) is 3.70. The first-order valence-corrected chi connectivity index (χ1v) is 6.37. The topological polar surface area (TPSA) is 52.0 Å². The molecular weight excluding hydrogens is 196 g/mol. The van der Waals surface area contributed by atoms with Gasteiger partial charge in [-0.05, 0) is 29.9 Å². The predicted molar refractivity (Wildman–Crippen MR) is 68.3 cm³/mol. The summed E-state index contributed by atoms with van der Waals surface area (Å²) in [6, 6.07) is 8.74. The minimum Gasteiger partial charge on any atom is -0.329 e. The van der Waals surface area contributed by atoms with E-state index in [0.29, 0.717) is 6.54 Å². The Morgan fingerprint density at radius 3 is 2.25 bits per heavy atom. The summed E-state index contributed by atoms with van der Waals surface area (Å²) in [6.07, 6.45) is 6.88. The van der Waals surface area contributed by atoms with Crippen LogP contribution in [0.25, 0.3) is 0 Å². The molecule has 0 radical (unpaired) electrons. The highest BCUT2D eigenvalue weighted by Gasteiger charge is 2.15. The lowest BCUT2D eigenvalue weighted by Gasteiger charge is -2.22. The highest BCUT2D eigenvalue weighted by atomic mass is 14.7. The maximum absolute atomic E-state index is 5.90. The van der Waals surface area contributed by atoms with Crippen LogP contribution in [-0.2, 0) is 0 Å². The number of hydrogen-bond donors (Lipinski definition) is 2. The van der Waals surface area contributed by atoms with E-state index in [0.717, 1.165) is 11.5 Å². The van der Waals surface area contributed by atoms with Crippen LogP contribution in [0, 0.1) is 0 Å². The van der Waals surface area contributed by atoms with Crippen molar-refractivity contribution in [1.29, 1.82) is 0 Å². The van der Waals surface area contributed by atoms with Crippen molar-refractivity contribution in [3.8, 4) is 0 Å². The number of benzene rings is 1. The number of rotatable bonds is 3. The second-order valence-corrected chi connectivity index (χ2v) is 4.84. The van der Waals surface area contributed by atoms with Crippen LogP contribution in [0.5, 0.6) is 0 Å². The fourth-order valence-corrected chi connectivity index (χ4v) is 2.59. The molecule has 0 unspecified atom stereocenters. The Hall–Kier alpha value is -0.860. The molecule has 4 N–H and O–H groups in total. The lowest BCUT2D eigenvalue weighted by atomic mass is 9.84. The summed E-state index contributed by atoms with van der Waals surface area (Å²) in [7, 11) is 0. The Balaban J connectivity index is 2.06. The molecule has 0 amide bonds. The first-order valence-electron chi connectivity index (χ1n) is 6.37. The molecule has 1 fully saturated rings. The molecule has 88 valence electrons. The van der Waals surface area contributed by atoms with Crippen molar-refractivity contribution in [3.05, 3.63) is 35.4 Å². The van der Waals surface area contributed by atoms with Gasteiger partial charge < -0.3 is 11.5 Å².